The Morgan fingerprint density at radius 2 is 1.63 bits per heavy atom. The van der Waals surface area contributed by atoms with Crippen LogP contribution >= 0.6 is 0 Å². The summed E-state index contributed by atoms with van der Waals surface area (Å²) in [6.07, 6.45) is 2.61. The van der Waals surface area contributed by atoms with Crippen molar-refractivity contribution in [3.05, 3.63) is 83.8 Å². The predicted octanol–water partition coefficient (Wildman–Crippen LogP) is 3.93. The molecule has 0 atom stereocenters. The number of rotatable bonds is 8. The maximum absolute atomic E-state index is 13.0. The summed E-state index contributed by atoms with van der Waals surface area (Å²) in [5.74, 6) is 2.26. The summed E-state index contributed by atoms with van der Waals surface area (Å²) in [4.78, 5) is 8.53. The number of ether oxygens (including phenoxy) is 2. The molecule has 3 rings (SSSR count). The molecule has 0 radical (unpaired) electrons. The molecule has 7 heteroatoms. The van der Waals surface area contributed by atoms with Crippen LogP contribution < -0.4 is 20.1 Å². The van der Waals surface area contributed by atoms with E-state index >= 15 is 0 Å². The quantitative estimate of drug-likeness (QED) is 0.437. The number of guanidine groups is 1. The summed E-state index contributed by atoms with van der Waals surface area (Å²) in [6.45, 7) is 1.33. The Labute approximate surface area is 175 Å². The van der Waals surface area contributed by atoms with Gasteiger partial charge < -0.3 is 20.1 Å². The van der Waals surface area contributed by atoms with Crippen molar-refractivity contribution < 1.29 is 13.9 Å². The van der Waals surface area contributed by atoms with Gasteiger partial charge in [0, 0.05) is 32.4 Å². The van der Waals surface area contributed by atoms with Crippen molar-refractivity contribution in [3.63, 3.8) is 0 Å². The van der Waals surface area contributed by atoms with Gasteiger partial charge in [0.15, 0.2) is 5.96 Å². The van der Waals surface area contributed by atoms with Gasteiger partial charge in [-0.2, -0.15) is 0 Å². The van der Waals surface area contributed by atoms with Gasteiger partial charge in [-0.25, -0.2) is 9.37 Å². The van der Waals surface area contributed by atoms with Gasteiger partial charge >= 0.3 is 0 Å². The van der Waals surface area contributed by atoms with Crippen LogP contribution in [0, 0.1) is 5.82 Å². The summed E-state index contributed by atoms with van der Waals surface area (Å²) < 4.78 is 23.7. The third-order valence-corrected chi connectivity index (χ3v) is 4.38. The van der Waals surface area contributed by atoms with Gasteiger partial charge in [-0.1, -0.05) is 18.2 Å². The van der Waals surface area contributed by atoms with Crippen LogP contribution in [-0.2, 0) is 13.0 Å². The van der Waals surface area contributed by atoms with Crippen LogP contribution in [0.3, 0.4) is 0 Å². The Hall–Kier alpha value is -3.61. The highest BCUT2D eigenvalue weighted by molar-refractivity contribution is 5.79. The molecule has 0 saturated carbocycles. The SMILES string of the molecule is CN=C(NCCc1ccc(OC)cc1)NCc1ccc(Oc2ccc(F)cc2)nc1. The molecule has 1 aromatic heterocycles. The van der Waals surface area contributed by atoms with Crippen LogP contribution in [0.15, 0.2) is 71.9 Å². The van der Waals surface area contributed by atoms with E-state index in [1.165, 1.54) is 17.7 Å². The van der Waals surface area contributed by atoms with E-state index in [1.54, 1.807) is 38.6 Å². The molecule has 3 aromatic rings. The molecule has 156 valence electrons. The zero-order valence-corrected chi connectivity index (χ0v) is 17.1. The van der Waals surface area contributed by atoms with Crippen molar-refractivity contribution in [2.45, 2.75) is 13.0 Å². The second-order valence-electron chi connectivity index (χ2n) is 6.51. The number of hydrogen-bond donors (Lipinski definition) is 2. The number of aromatic nitrogens is 1. The van der Waals surface area contributed by atoms with Crippen LogP contribution in [0.5, 0.6) is 17.4 Å². The average molecular weight is 408 g/mol. The zero-order valence-electron chi connectivity index (χ0n) is 17.1. The molecule has 1 heterocycles. The van der Waals surface area contributed by atoms with Crippen molar-refractivity contribution in [2.24, 2.45) is 4.99 Å². The molecule has 6 nitrogen and oxygen atoms in total. The van der Waals surface area contributed by atoms with Gasteiger partial charge in [-0.05, 0) is 53.9 Å². The van der Waals surface area contributed by atoms with Crippen LogP contribution in [0.25, 0.3) is 0 Å². The normalized spacial score (nSPS) is 11.1. The molecule has 0 aliphatic heterocycles. The van der Waals surface area contributed by atoms with E-state index in [-0.39, 0.29) is 5.82 Å². The molecular weight excluding hydrogens is 383 g/mol. The molecular formula is C23H25FN4O2. The molecule has 0 fully saturated rings. The Kier molecular flexibility index (Phi) is 7.60. The number of hydrogen-bond acceptors (Lipinski definition) is 4. The second-order valence-corrected chi connectivity index (χ2v) is 6.51. The van der Waals surface area contributed by atoms with E-state index in [0.29, 0.717) is 18.2 Å². The highest BCUT2D eigenvalue weighted by Crippen LogP contribution is 2.19. The highest BCUT2D eigenvalue weighted by Gasteiger charge is 2.02. The second kappa shape index (κ2) is 10.8. The number of nitrogens with zero attached hydrogens (tertiary/aromatic N) is 2. The minimum absolute atomic E-state index is 0.303. The van der Waals surface area contributed by atoms with E-state index < -0.39 is 0 Å². The Morgan fingerprint density at radius 3 is 2.27 bits per heavy atom. The lowest BCUT2D eigenvalue weighted by Crippen LogP contribution is -2.37. The zero-order chi connectivity index (χ0) is 21.2. The van der Waals surface area contributed by atoms with Gasteiger partial charge in [0.1, 0.15) is 17.3 Å². The van der Waals surface area contributed by atoms with Crippen LogP contribution in [0.2, 0.25) is 0 Å². The van der Waals surface area contributed by atoms with Crippen LogP contribution in [0.1, 0.15) is 11.1 Å². The molecule has 2 N–H and O–H groups in total. The molecule has 2 aromatic carbocycles. The first-order valence-electron chi connectivity index (χ1n) is 9.62. The lowest BCUT2D eigenvalue weighted by atomic mass is 10.1. The maximum Gasteiger partial charge on any atom is 0.219 e. The summed E-state index contributed by atoms with van der Waals surface area (Å²) >= 11 is 0. The number of benzene rings is 2. The number of halogens is 1. The van der Waals surface area contributed by atoms with E-state index in [0.717, 1.165) is 30.2 Å². The minimum atomic E-state index is -0.303. The van der Waals surface area contributed by atoms with Gasteiger partial charge in [0.05, 0.1) is 7.11 Å². The van der Waals surface area contributed by atoms with Crippen molar-refractivity contribution in [1.29, 1.82) is 0 Å². The van der Waals surface area contributed by atoms with Gasteiger partial charge in [-0.15, -0.1) is 0 Å². The van der Waals surface area contributed by atoms with E-state index in [9.17, 15) is 4.39 Å². The standard InChI is InChI=1S/C23H25FN4O2/c1-25-23(26-14-13-17-3-8-20(29-2)9-4-17)28-16-18-5-12-22(27-15-18)30-21-10-6-19(24)7-11-21/h3-12,15H,13-14,16H2,1-2H3,(H2,25,26,28). The summed E-state index contributed by atoms with van der Waals surface area (Å²) in [6, 6.07) is 17.5. The fourth-order valence-corrected chi connectivity index (χ4v) is 2.72. The molecule has 0 bridgehead atoms. The first-order valence-corrected chi connectivity index (χ1v) is 9.62. The Bertz CT molecular complexity index is 942. The van der Waals surface area contributed by atoms with Crippen LogP contribution in [-0.4, -0.2) is 31.6 Å². The molecule has 0 aliphatic carbocycles. The predicted molar refractivity (Wildman–Crippen MR) is 116 cm³/mol. The highest BCUT2D eigenvalue weighted by atomic mass is 19.1. The smallest absolute Gasteiger partial charge is 0.219 e. The number of pyridine rings is 1. The Balaban J connectivity index is 1.43. The first-order chi connectivity index (χ1) is 14.7. The van der Waals surface area contributed by atoms with Crippen molar-refractivity contribution in [1.82, 2.24) is 15.6 Å². The van der Waals surface area contributed by atoms with Crippen LogP contribution in [0.4, 0.5) is 4.39 Å². The molecule has 0 spiro atoms. The van der Waals surface area contributed by atoms with Gasteiger partial charge in [0.25, 0.3) is 0 Å². The fraction of sp³-hybridized carbons (Fsp3) is 0.217. The first kappa shape index (κ1) is 21.1. The Morgan fingerprint density at radius 1 is 0.933 bits per heavy atom. The van der Waals surface area contributed by atoms with Gasteiger partial charge in [-0.3, -0.25) is 4.99 Å². The van der Waals surface area contributed by atoms with Crippen molar-refractivity contribution in [3.8, 4) is 17.4 Å². The molecule has 30 heavy (non-hydrogen) atoms. The average Bonchev–Trinajstić information content (AvgIpc) is 2.79. The lowest BCUT2D eigenvalue weighted by molar-refractivity contribution is 0.414. The van der Waals surface area contributed by atoms with Crippen molar-refractivity contribution >= 4 is 5.96 Å². The monoisotopic (exact) mass is 408 g/mol. The largest absolute Gasteiger partial charge is 0.497 e. The molecule has 0 saturated heterocycles. The van der Waals surface area contributed by atoms with Crippen molar-refractivity contribution in [2.75, 3.05) is 20.7 Å². The van der Waals surface area contributed by atoms with E-state index in [1.807, 2.05) is 18.2 Å². The topological polar surface area (TPSA) is 67.8 Å². The third-order valence-electron chi connectivity index (χ3n) is 4.38. The number of nitrogens with one attached hydrogen (secondary N) is 2. The molecule has 0 unspecified atom stereocenters. The lowest BCUT2D eigenvalue weighted by Gasteiger charge is -2.12. The fourth-order valence-electron chi connectivity index (χ4n) is 2.72. The number of aliphatic imine (C=N–C) groups is 1. The third kappa shape index (κ3) is 6.48. The van der Waals surface area contributed by atoms with Gasteiger partial charge in [0.2, 0.25) is 5.88 Å². The molecule has 0 amide bonds. The summed E-state index contributed by atoms with van der Waals surface area (Å²) in [5.41, 5.74) is 2.21. The maximum atomic E-state index is 13.0. The summed E-state index contributed by atoms with van der Waals surface area (Å²) in [5, 5.41) is 6.56. The minimum Gasteiger partial charge on any atom is -0.497 e. The number of methoxy groups -OCH3 is 1. The molecule has 0 aliphatic rings. The van der Waals surface area contributed by atoms with E-state index in [4.69, 9.17) is 9.47 Å². The van der Waals surface area contributed by atoms with E-state index in [2.05, 4.69) is 32.7 Å². The summed E-state index contributed by atoms with van der Waals surface area (Å²) in [7, 11) is 3.40.